The number of ether oxygens (including phenoxy) is 1. The number of aromatic nitrogens is 1. The van der Waals surface area contributed by atoms with Crippen LogP contribution in [0.15, 0.2) is 10.5 Å². The van der Waals surface area contributed by atoms with E-state index in [1.807, 2.05) is 19.9 Å². The van der Waals surface area contributed by atoms with E-state index in [9.17, 15) is 14.9 Å². The largest absolute Gasteiger partial charge is 0.469 e. The summed E-state index contributed by atoms with van der Waals surface area (Å²) in [4.78, 5) is 25.9. The lowest BCUT2D eigenvalue weighted by Gasteiger charge is -2.10. The molecule has 0 saturated heterocycles. The lowest BCUT2D eigenvalue weighted by molar-refractivity contribution is -0.383. The molecule has 0 atom stereocenters. The van der Waals surface area contributed by atoms with Crippen LogP contribution in [-0.4, -0.2) is 35.2 Å². The van der Waals surface area contributed by atoms with Crippen molar-refractivity contribution in [3.8, 4) is 0 Å². The molecular weight excluding hydrogens is 404 g/mol. The molecular formula is C18H25BrN2O5. The highest BCUT2D eigenvalue weighted by atomic mass is 79.9. The number of carbonyl (C=O) groups is 1. The van der Waals surface area contributed by atoms with Gasteiger partial charge in [0.2, 0.25) is 0 Å². The van der Waals surface area contributed by atoms with Crippen molar-refractivity contribution in [3.63, 3.8) is 0 Å². The van der Waals surface area contributed by atoms with Gasteiger partial charge in [0.25, 0.3) is 5.69 Å². The van der Waals surface area contributed by atoms with Crippen LogP contribution in [-0.2, 0) is 16.0 Å². The Morgan fingerprint density at radius 3 is 2.46 bits per heavy atom. The quantitative estimate of drug-likeness (QED) is 0.427. The standard InChI is InChI=1S/C15H15BrN2O4.C2H6.CH4O/c1-7-9(6-12(19)22-2)13(16)10-5-11(8-3-4-8)17-14(10)15(7)18(20)21;2*1-2/h5,8,17H,3-4,6H2,1-2H3;1-2H3;2H,1H3. The third-order valence-corrected chi connectivity index (χ3v) is 5.04. The molecule has 7 nitrogen and oxygen atoms in total. The second-order valence-corrected chi connectivity index (χ2v) is 6.36. The number of fused-ring (bicyclic) bond motifs is 1. The van der Waals surface area contributed by atoms with Gasteiger partial charge in [-0.05, 0) is 53.2 Å². The second-order valence-electron chi connectivity index (χ2n) is 5.56. The van der Waals surface area contributed by atoms with Gasteiger partial charge in [-0.2, -0.15) is 0 Å². The van der Waals surface area contributed by atoms with Gasteiger partial charge in [-0.25, -0.2) is 0 Å². The predicted octanol–water partition coefficient (Wildman–Crippen LogP) is 4.37. The number of nitrogens with zero attached hydrogens (tertiary/aromatic N) is 1. The van der Waals surface area contributed by atoms with E-state index >= 15 is 0 Å². The Morgan fingerprint density at radius 2 is 2.00 bits per heavy atom. The van der Waals surface area contributed by atoms with Crippen LogP contribution in [0.25, 0.3) is 10.9 Å². The highest BCUT2D eigenvalue weighted by Crippen LogP contribution is 2.45. The average molecular weight is 429 g/mol. The number of hydrogen-bond donors (Lipinski definition) is 2. The highest BCUT2D eigenvalue weighted by Gasteiger charge is 2.30. The van der Waals surface area contributed by atoms with Gasteiger partial charge in [-0.1, -0.05) is 13.8 Å². The SMILES string of the molecule is CC.CO.COC(=O)Cc1c(C)c([N+](=O)[O-])c2[nH]c(C3CC3)cc2c1Br. The first-order chi connectivity index (χ1) is 12.4. The van der Waals surface area contributed by atoms with Gasteiger partial charge in [-0.3, -0.25) is 14.9 Å². The van der Waals surface area contributed by atoms with Crippen LogP contribution in [0.3, 0.4) is 0 Å². The Morgan fingerprint density at radius 1 is 1.42 bits per heavy atom. The third kappa shape index (κ3) is 4.42. The Bertz CT molecular complexity index is 797. The summed E-state index contributed by atoms with van der Waals surface area (Å²) in [6.45, 7) is 5.66. The number of aromatic amines is 1. The molecule has 0 aliphatic heterocycles. The summed E-state index contributed by atoms with van der Waals surface area (Å²) in [5.41, 5.74) is 2.66. The number of methoxy groups -OCH3 is 1. The number of nitrogens with one attached hydrogen (secondary N) is 1. The fourth-order valence-corrected chi connectivity index (χ4v) is 3.51. The number of halogens is 1. The Kier molecular flexibility index (Phi) is 8.23. The fourth-order valence-electron chi connectivity index (χ4n) is 2.76. The van der Waals surface area contributed by atoms with E-state index in [0.717, 1.165) is 35.5 Å². The monoisotopic (exact) mass is 428 g/mol. The van der Waals surface area contributed by atoms with E-state index in [4.69, 9.17) is 9.84 Å². The summed E-state index contributed by atoms with van der Waals surface area (Å²) < 4.78 is 5.41. The van der Waals surface area contributed by atoms with E-state index < -0.39 is 10.9 Å². The maximum absolute atomic E-state index is 11.6. The zero-order chi connectivity index (χ0) is 20.0. The van der Waals surface area contributed by atoms with Crippen molar-refractivity contribution < 1.29 is 19.6 Å². The Hall–Kier alpha value is -1.93. The van der Waals surface area contributed by atoms with Crippen molar-refractivity contribution in [2.45, 2.75) is 46.0 Å². The maximum atomic E-state index is 11.6. The molecule has 1 saturated carbocycles. The summed E-state index contributed by atoms with van der Waals surface area (Å²) in [5.74, 6) is 0.0404. The molecule has 0 unspecified atom stereocenters. The molecule has 3 rings (SSSR count). The number of nitro groups is 1. The van der Waals surface area contributed by atoms with Crippen LogP contribution in [0.2, 0.25) is 0 Å². The second kappa shape index (κ2) is 9.68. The van der Waals surface area contributed by atoms with Crippen LogP contribution in [0, 0.1) is 17.0 Å². The maximum Gasteiger partial charge on any atom is 0.310 e. The van der Waals surface area contributed by atoms with Gasteiger partial charge < -0.3 is 14.8 Å². The predicted molar refractivity (Wildman–Crippen MR) is 105 cm³/mol. The summed E-state index contributed by atoms with van der Waals surface area (Å²) in [6.07, 6.45) is 2.21. The Labute approximate surface area is 161 Å². The topological polar surface area (TPSA) is 105 Å². The number of rotatable bonds is 4. The molecule has 1 fully saturated rings. The highest BCUT2D eigenvalue weighted by molar-refractivity contribution is 9.10. The fraction of sp³-hybridized carbons (Fsp3) is 0.500. The van der Waals surface area contributed by atoms with Crippen LogP contribution < -0.4 is 0 Å². The van der Waals surface area contributed by atoms with Crippen molar-refractivity contribution in [2.24, 2.45) is 0 Å². The lowest BCUT2D eigenvalue weighted by atomic mass is 10.0. The number of aliphatic hydroxyl groups is 1. The first-order valence-corrected chi connectivity index (χ1v) is 9.22. The molecule has 8 heteroatoms. The van der Waals surface area contributed by atoms with Crippen molar-refractivity contribution in [2.75, 3.05) is 14.2 Å². The Balaban J connectivity index is 0.000000791. The molecule has 2 aromatic rings. The minimum atomic E-state index is -0.421. The smallest absolute Gasteiger partial charge is 0.310 e. The summed E-state index contributed by atoms with van der Waals surface area (Å²) in [6, 6.07) is 1.95. The van der Waals surface area contributed by atoms with Crippen molar-refractivity contribution in [3.05, 3.63) is 37.5 Å². The van der Waals surface area contributed by atoms with Crippen molar-refractivity contribution >= 4 is 38.5 Å². The molecule has 1 aromatic heterocycles. The van der Waals surface area contributed by atoms with Crippen molar-refractivity contribution in [1.82, 2.24) is 4.98 Å². The van der Waals surface area contributed by atoms with Gasteiger partial charge in [0, 0.05) is 28.2 Å². The van der Waals surface area contributed by atoms with Crippen LogP contribution in [0.1, 0.15) is 49.4 Å². The van der Waals surface area contributed by atoms with Crippen LogP contribution >= 0.6 is 15.9 Å². The van der Waals surface area contributed by atoms with Crippen LogP contribution in [0.5, 0.6) is 0 Å². The molecule has 0 bridgehead atoms. The van der Waals surface area contributed by atoms with E-state index in [1.165, 1.54) is 7.11 Å². The van der Waals surface area contributed by atoms with E-state index in [2.05, 4.69) is 20.9 Å². The molecule has 0 radical (unpaired) electrons. The lowest BCUT2D eigenvalue weighted by Crippen LogP contribution is -2.08. The van der Waals surface area contributed by atoms with E-state index in [-0.39, 0.29) is 12.1 Å². The van der Waals surface area contributed by atoms with Crippen molar-refractivity contribution in [1.29, 1.82) is 0 Å². The first-order valence-electron chi connectivity index (χ1n) is 8.43. The minimum absolute atomic E-state index is 0.00361. The molecule has 1 aliphatic rings. The zero-order valence-corrected chi connectivity index (χ0v) is 17.3. The number of aliphatic hydroxyl groups excluding tert-OH is 1. The number of hydrogen-bond acceptors (Lipinski definition) is 5. The molecule has 0 amide bonds. The van der Waals surface area contributed by atoms with Gasteiger partial charge >= 0.3 is 5.97 Å². The average Bonchev–Trinajstić information content (AvgIpc) is 3.41. The third-order valence-electron chi connectivity index (χ3n) is 4.13. The molecule has 1 heterocycles. The van der Waals surface area contributed by atoms with E-state index in [1.54, 1.807) is 6.92 Å². The molecule has 1 aliphatic carbocycles. The zero-order valence-electron chi connectivity index (χ0n) is 15.7. The van der Waals surface area contributed by atoms with Gasteiger partial charge in [-0.15, -0.1) is 0 Å². The number of nitro benzene ring substituents is 1. The van der Waals surface area contributed by atoms with Crippen LogP contribution in [0.4, 0.5) is 5.69 Å². The molecule has 26 heavy (non-hydrogen) atoms. The number of benzene rings is 1. The van der Waals surface area contributed by atoms with Gasteiger partial charge in [0.15, 0.2) is 0 Å². The molecule has 144 valence electrons. The summed E-state index contributed by atoms with van der Waals surface area (Å²) >= 11 is 3.51. The minimum Gasteiger partial charge on any atom is -0.469 e. The number of esters is 1. The molecule has 2 N–H and O–H groups in total. The summed E-state index contributed by atoms with van der Waals surface area (Å²) in [7, 11) is 2.31. The van der Waals surface area contributed by atoms with Gasteiger partial charge in [0.05, 0.1) is 18.5 Å². The first kappa shape index (κ1) is 22.1. The van der Waals surface area contributed by atoms with E-state index in [0.29, 0.717) is 22.6 Å². The number of carbonyl (C=O) groups excluding carboxylic acids is 1. The van der Waals surface area contributed by atoms with Gasteiger partial charge in [0.1, 0.15) is 5.52 Å². The summed E-state index contributed by atoms with van der Waals surface area (Å²) in [5, 5.41) is 19.3. The molecule has 0 spiro atoms. The normalized spacial score (nSPS) is 12.6. The number of H-pyrrole nitrogens is 1. The molecule has 1 aromatic carbocycles.